The summed E-state index contributed by atoms with van der Waals surface area (Å²) in [5.41, 5.74) is 2.39. The molecule has 1 aliphatic carbocycles. The van der Waals surface area contributed by atoms with Gasteiger partial charge in [0.05, 0.1) is 15.9 Å². The van der Waals surface area contributed by atoms with Crippen LogP contribution in [0.25, 0.3) is 33.4 Å². The van der Waals surface area contributed by atoms with E-state index in [0.717, 1.165) is 36.6 Å². The van der Waals surface area contributed by atoms with Crippen molar-refractivity contribution in [2.75, 3.05) is 19.6 Å². The van der Waals surface area contributed by atoms with Crippen molar-refractivity contribution < 1.29 is 30.4 Å². The lowest BCUT2D eigenvalue weighted by Crippen LogP contribution is -2.29. The summed E-state index contributed by atoms with van der Waals surface area (Å²) in [5, 5.41) is 4.80. The van der Waals surface area contributed by atoms with Crippen LogP contribution in [0.4, 0.5) is 0 Å². The summed E-state index contributed by atoms with van der Waals surface area (Å²) in [6.07, 6.45) is 0. The summed E-state index contributed by atoms with van der Waals surface area (Å²) in [6.45, 7) is 10.4. The lowest BCUT2D eigenvalue weighted by molar-refractivity contribution is 0.463. The summed E-state index contributed by atoms with van der Waals surface area (Å²) in [6, 6.07) is 14.1. The second-order valence-corrected chi connectivity index (χ2v) is 11.7. The molecule has 1 atom stereocenters. The SMILES string of the molecule is CCNC(C)c1ccc2c(-c3ccc(S(=O)(=O)O)cc3S(=O)(=O)[O-])c3ccc(=[N+](CC)CC)cc-3oc2c1. The Morgan fingerprint density at radius 2 is 1.63 bits per heavy atom. The minimum absolute atomic E-state index is 0.0151. The maximum atomic E-state index is 12.3. The highest BCUT2D eigenvalue weighted by Gasteiger charge is 2.24. The molecular weight excluding hydrogens is 528 g/mol. The third kappa shape index (κ3) is 5.38. The van der Waals surface area contributed by atoms with Crippen LogP contribution in [0.2, 0.25) is 0 Å². The van der Waals surface area contributed by atoms with Gasteiger partial charge in [-0.05, 0) is 57.1 Å². The van der Waals surface area contributed by atoms with Crippen molar-refractivity contribution >= 4 is 31.2 Å². The van der Waals surface area contributed by atoms with Gasteiger partial charge >= 0.3 is 0 Å². The fraction of sp³-hybridized carbons (Fsp3) is 0.296. The predicted molar refractivity (Wildman–Crippen MR) is 144 cm³/mol. The first-order chi connectivity index (χ1) is 17.9. The van der Waals surface area contributed by atoms with E-state index in [1.807, 2.05) is 52.0 Å². The van der Waals surface area contributed by atoms with Crippen LogP contribution < -0.4 is 15.2 Å². The first-order valence-electron chi connectivity index (χ1n) is 12.3. The number of nitrogens with one attached hydrogen (secondary N) is 1. The largest absolute Gasteiger partial charge is 0.744 e. The summed E-state index contributed by atoms with van der Waals surface area (Å²) in [7, 11) is -9.88. The van der Waals surface area contributed by atoms with Crippen molar-refractivity contribution in [3.05, 3.63) is 65.5 Å². The van der Waals surface area contributed by atoms with Crippen molar-refractivity contribution in [3.8, 4) is 22.5 Å². The highest BCUT2D eigenvalue weighted by molar-refractivity contribution is 7.86. The van der Waals surface area contributed by atoms with Crippen LogP contribution in [0, 0.1) is 0 Å². The molecule has 2 aromatic carbocycles. The van der Waals surface area contributed by atoms with Gasteiger partial charge in [0.25, 0.3) is 10.1 Å². The first kappa shape index (κ1) is 27.9. The predicted octanol–water partition coefficient (Wildman–Crippen LogP) is 3.84. The van der Waals surface area contributed by atoms with Crippen LogP contribution in [0.3, 0.4) is 0 Å². The number of fused-ring (bicyclic) bond motifs is 2. The van der Waals surface area contributed by atoms with Crippen molar-refractivity contribution in [2.24, 2.45) is 0 Å². The smallest absolute Gasteiger partial charge is 0.294 e. The summed E-state index contributed by atoms with van der Waals surface area (Å²) in [4.78, 5) is -1.44. The molecule has 2 aliphatic rings. The van der Waals surface area contributed by atoms with Gasteiger partial charge in [-0.15, -0.1) is 0 Å². The Labute approximate surface area is 222 Å². The van der Waals surface area contributed by atoms with Gasteiger partial charge in [-0.2, -0.15) is 8.42 Å². The van der Waals surface area contributed by atoms with Gasteiger partial charge in [0.2, 0.25) is 5.36 Å². The van der Waals surface area contributed by atoms with Gasteiger partial charge in [-0.1, -0.05) is 25.1 Å². The van der Waals surface area contributed by atoms with Gasteiger partial charge in [-0.25, -0.2) is 13.0 Å². The number of nitrogens with zero attached hydrogens (tertiary/aromatic N) is 1. The molecule has 0 aromatic heterocycles. The minimum atomic E-state index is -5.13. The standard InChI is InChI=1S/C27H30N2O7S2/c1-5-28-17(4)18-8-11-21-24(14-18)36-25-15-19(29(6-2)7-3)9-12-22(25)27(21)23-13-10-20(37(30,31)32)16-26(23)38(33,34)35/h8-17,28H,5-7H2,1-4H3,(H-,30,31,32,33,34,35). The molecule has 0 bridgehead atoms. The summed E-state index contributed by atoms with van der Waals surface area (Å²) >= 11 is 0. The molecule has 0 spiro atoms. The molecule has 0 amide bonds. The van der Waals surface area contributed by atoms with Crippen LogP contribution in [-0.2, 0) is 20.2 Å². The highest BCUT2D eigenvalue weighted by Crippen LogP contribution is 2.43. The van der Waals surface area contributed by atoms with Gasteiger partial charge in [-0.3, -0.25) is 4.55 Å². The topological polar surface area (TPSA) is 140 Å². The normalized spacial score (nSPS) is 13.2. The lowest BCUT2D eigenvalue weighted by atomic mass is 9.92. The molecule has 11 heteroatoms. The number of benzene rings is 3. The summed E-state index contributed by atoms with van der Waals surface area (Å²) in [5.74, 6) is 0.471. The quantitative estimate of drug-likeness (QED) is 0.189. The van der Waals surface area contributed by atoms with Crippen molar-refractivity contribution in [3.63, 3.8) is 0 Å². The monoisotopic (exact) mass is 558 g/mol. The number of hydrogen-bond acceptors (Lipinski definition) is 7. The maximum Gasteiger partial charge on any atom is 0.294 e. The maximum absolute atomic E-state index is 12.3. The average molecular weight is 559 g/mol. The Balaban J connectivity index is 2.17. The third-order valence-electron chi connectivity index (χ3n) is 6.66. The Morgan fingerprint density at radius 3 is 2.24 bits per heavy atom. The van der Waals surface area contributed by atoms with Crippen molar-refractivity contribution in [2.45, 2.75) is 43.5 Å². The van der Waals surface area contributed by atoms with E-state index in [4.69, 9.17) is 4.42 Å². The van der Waals surface area contributed by atoms with Crippen LogP contribution >= 0.6 is 0 Å². The van der Waals surface area contributed by atoms with Gasteiger partial charge in [0.1, 0.15) is 34.6 Å². The zero-order valence-corrected chi connectivity index (χ0v) is 23.2. The molecule has 2 aromatic rings. The second kappa shape index (κ2) is 10.6. The van der Waals surface area contributed by atoms with E-state index in [0.29, 0.717) is 33.9 Å². The summed E-state index contributed by atoms with van der Waals surface area (Å²) < 4.78 is 78.5. The molecule has 0 saturated heterocycles. The molecule has 0 fully saturated rings. The fourth-order valence-electron chi connectivity index (χ4n) is 4.74. The third-order valence-corrected chi connectivity index (χ3v) is 8.38. The average Bonchev–Trinajstić information content (AvgIpc) is 2.86. The first-order valence-corrected chi connectivity index (χ1v) is 15.1. The Hall–Kier alpha value is -3.09. The van der Waals surface area contributed by atoms with Crippen LogP contribution in [0.15, 0.2) is 68.8 Å². The zero-order chi connectivity index (χ0) is 27.8. The van der Waals surface area contributed by atoms with E-state index < -0.39 is 30.0 Å². The molecule has 0 radical (unpaired) electrons. The molecule has 1 aliphatic heterocycles. The molecule has 1 heterocycles. The number of hydrogen-bond donors (Lipinski definition) is 2. The van der Waals surface area contributed by atoms with Crippen molar-refractivity contribution in [1.29, 1.82) is 0 Å². The Bertz CT molecular complexity index is 1770. The van der Waals surface area contributed by atoms with Gasteiger partial charge in [0.15, 0.2) is 0 Å². The fourth-order valence-corrected chi connectivity index (χ4v) is 6.03. The van der Waals surface area contributed by atoms with Crippen LogP contribution in [-0.4, -0.2) is 45.6 Å². The second-order valence-electron chi connectivity index (χ2n) is 8.95. The molecule has 9 nitrogen and oxygen atoms in total. The molecule has 202 valence electrons. The number of rotatable bonds is 8. The van der Waals surface area contributed by atoms with E-state index in [1.165, 1.54) is 6.07 Å². The molecule has 0 saturated carbocycles. The molecular formula is C27H30N2O7S2. The van der Waals surface area contributed by atoms with Crippen LogP contribution in [0.1, 0.15) is 39.3 Å². The molecule has 1 unspecified atom stereocenters. The van der Waals surface area contributed by atoms with Gasteiger partial charge in [0, 0.05) is 34.2 Å². The minimum Gasteiger partial charge on any atom is -0.744 e. The van der Waals surface area contributed by atoms with E-state index in [1.54, 1.807) is 12.1 Å². The zero-order valence-electron chi connectivity index (χ0n) is 21.6. The van der Waals surface area contributed by atoms with Gasteiger partial charge < -0.3 is 14.3 Å². The lowest BCUT2D eigenvalue weighted by Gasteiger charge is -2.20. The van der Waals surface area contributed by atoms with Crippen molar-refractivity contribution in [1.82, 2.24) is 9.89 Å². The molecule has 38 heavy (non-hydrogen) atoms. The Kier molecular flexibility index (Phi) is 7.78. The molecule has 2 N–H and O–H groups in total. The van der Waals surface area contributed by atoms with E-state index in [2.05, 4.69) is 9.89 Å². The van der Waals surface area contributed by atoms with E-state index in [9.17, 15) is 25.9 Å². The van der Waals surface area contributed by atoms with E-state index >= 15 is 0 Å². The van der Waals surface area contributed by atoms with Crippen LogP contribution in [0.5, 0.6) is 0 Å². The highest BCUT2D eigenvalue weighted by atomic mass is 32.2. The molecule has 4 rings (SSSR count). The van der Waals surface area contributed by atoms with E-state index in [-0.39, 0.29) is 11.6 Å². The Morgan fingerprint density at radius 1 is 0.947 bits per heavy atom.